The summed E-state index contributed by atoms with van der Waals surface area (Å²) in [6, 6.07) is 5.31. The van der Waals surface area contributed by atoms with E-state index in [2.05, 4.69) is 25.4 Å². The van der Waals surface area contributed by atoms with Crippen LogP contribution in [0.25, 0.3) is 0 Å². The van der Waals surface area contributed by atoms with Crippen LogP contribution in [0.5, 0.6) is 5.75 Å². The largest absolute Gasteiger partial charge is 0.484 e. The van der Waals surface area contributed by atoms with Crippen molar-refractivity contribution in [3.05, 3.63) is 40.4 Å². The van der Waals surface area contributed by atoms with Crippen LogP contribution in [0.15, 0.2) is 18.2 Å². The van der Waals surface area contributed by atoms with Crippen LogP contribution in [-0.4, -0.2) is 38.7 Å². The van der Waals surface area contributed by atoms with E-state index < -0.39 is 0 Å². The second-order valence-corrected chi connectivity index (χ2v) is 9.57. The van der Waals surface area contributed by atoms with E-state index in [4.69, 9.17) is 16.3 Å². The molecule has 0 radical (unpaired) electrons. The number of nitrogens with one attached hydrogen (secondary N) is 2. The predicted molar refractivity (Wildman–Crippen MR) is 114 cm³/mol. The zero-order valence-corrected chi connectivity index (χ0v) is 18.3. The van der Waals surface area contributed by atoms with Crippen molar-refractivity contribution < 1.29 is 14.3 Å². The predicted octanol–water partition coefficient (Wildman–Crippen LogP) is 2.31. The minimum atomic E-state index is -0.355. The molecule has 8 nitrogen and oxygen atoms in total. The molecule has 2 amide bonds. The van der Waals surface area contributed by atoms with Crippen molar-refractivity contribution in [2.24, 2.45) is 5.41 Å². The normalized spacial score (nSPS) is 25.6. The SMILES string of the molecule is Cc1cc(OCC(=O)NC23CC(C(=O)NCc4nnc5n4CCCC5)(C2)C3)ccc1Cl. The molecule has 0 unspecified atom stereocenters. The number of ether oxygens (including phenoxy) is 1. The Balaban J connectivity index is 1.07. The Hall–Kier alpha value is -2.61. The molecular weight excluding hydrogens is 418 g/mol. The van der Waals surface area contributed by atoms with Gasteiger partial charge in [0.15, 0.2) is 12.4 Å². The van der Waals surface area contributed by atoms with Gasteiger partial charge in [-0.3, -0.25) is 9.59 Å². The summed E-state index contributed by atoms with van der Waals surface area (Å²) >= 11 is 6.01. The van der Waals surface area contributed by atoms with Crippen LogP contribution in [0.4, 0.5) is 0 Å². The average molecular weight is 444 g/mol. The van der Waals surface area contributed by atoms with Gasteiger partial charge in [0.2, 0.25) is 5.91 Å². The Kier molecular flexibility index (Phi) is 4.92. The van der Waals surface area contributed by atoms with E-state index in [1.807, 2.05) is 13.0 Å². The van der Waals surface area contributed by atoms with E-state index in [1.54, 1.807) is 12.1 Å². The van der Waals surface area contributed by atoms with Crippen LogP contribution in [0.1, 0.15) is 49.3 Å². The van der Waals surface area contributed by atoms with Gasteiger partial charge < -0.3 is 19.9 Å². The van der Waals surface area contributed by atoms with E-state index in [0.29, 0.717) is 36.6 Å². The van der Waals surface area contributed by atoms with E-state index in [9.17, 15) is 9.59 Å². The first-order valence-corrected chi connectivity index (χ1v) is 11.2. The van der Waals surface area contributed by atoms with Crippen LogP contribution >= 0.6 is 11.6 Å². The number of amides is 2. The van der Waals surface area contributed by atoms with Crippen molar-refractivity contribution in [2.45, 2.75) is 64.1 Å². The Bertz CT molecular complexity index is 1030. The Morgan fingerprint density at radius 2 is 2.03 bits per heavy atom. The maximum Gasteiger partial charge on any atom is 0.258 e. The van der Waals surface area contributed by atoms with Gasteiger partial charge in [0.25, 0.3) is 5.91 Å². The summed E-state index contributed by atoms with van der Waals surface area (Å²) in [5.41, 5.74) is 0.284. The monoisotopic (exact) mass is 443 g/mol. The van der Waals surface area contributed by atoms with Crippen molar-refractivity contribution in [1.29, 1.82) is 0 Å². The standard InChI is InChI=1S/C22H26ClN5O3/c1-14-8-15(5-6-16(14)23)31-10-19(29)25-22-11-21(12-22,13-22)20(30)24-9-18-27-26-17-4-2-3-7-28(17)18/h5-6,8H,2-4,7,9-13H2,1H3,(H,24,30)(H,25,29). The molecule has 3 saturated carbocycles. The molecule has 6 rings (SSSR count). The third kappa shape index (κ3) is 3.67. The molecule has 3 aliphatic carbocycles. The highest BCUT2D eigenvalue weighted by atomic mass is 35.5. The fourth-order valence-corrected chi connectivity index (χ4v) is 5.31. The molecule has 2 aromatic rings. The maximum atomic E-state index is 12.7. The van der Waals surface area contributed by atoms with Crippen LogP contribution in [0.2, 0.25) is 5.02 Å². The van der Waals surface area contributed by atoms with Crippen molar-refractivity contribution in [3.63, 3.8) is 0 Å². The molecule has 4 aliphatic rings. The quantitative estimate of drug-likeness (QED) is 0.684. The van der Waals surface area contributed by atoms with Crippen molar-refractivity contribution >= 4 is 23.4 Å². The first-order valence-electron chi connectivity index (χ1n) is 10.8. The highest BCUT2D eigenvalue weighted by molar-refractivity contribution is 6.31. The van der Waals surface area contributed by atoms with Crippen molar-refractivity contribution in [3.8, 4) is 5.75 Å². The van der Waals surface area contributed by atoms with Crippen LogP contribution < -0.4 is 15.4 Å². The van der Waals surface area contributed by atoms with Gasteiger partial charge in [0.1, 0.15) is 11.6 Å². The topological polar surface area (TPSA) is 98.1 Å². The van der Waals surface area contributed by atoms with Crippen LogP contribution in [0.3, 0.4) is 0 Å². The zero-order valence-electron chi connectivity index (χ0n) is 17.5. The first-order chi connectivity index (χ1) is 14.9. The molecule has 3 fully saturated rings. The number of fused-ring (bicyclic) bond motifs is 1. The van der Waals surface area contributed by atoms with Crippen LogP contribution in [0, 0.1) is 12.3 Å². The number of aryl methyl sites for hydroxylation is 2. The number of hydrogen-bond donors (Lipinski definition) is 2. The fraction of sp³-hybridized carbons (Fsp3) is 0.545. The van der Waals surface area contributed by atoms with Crippen molar-refractivity contribution in [2.75, 3.05) is 6.61 Å². The van der Waals surface area contributed by atoms with E-state index in [1.165, 1.54) is 0 Å². The molecule has 1 aromatic heterocycles. The molecule has 164 valence electrons. The van der Waals surface area contributed by atoms with Gasteiger partial charge in [0.05, 0.1) is 12.0 Å². The molecular formula is C22H26ClN5O3. The Morgan fingerprint density at radius 1 is 1.23 bits per heavy atom. The maximum absolute atomic E-state index is 12.7. The van der Waals surface area contributed by atoms with Gasteiger partial charge in [-0.25, -0.2) is 0 Å². The Labute approximate surface area is 185 Å². The molecule has 0 spiro atoms. The second-order valence-electron chi connectivity index (χ2n) is 9.16. The number of nitrogens with zero attached hydrogens (tertiary/aromatic N) is 3. The third-order valence-electron chi connectivity index (χ3n) is 6.76. The molecule has 9 heteroatoms. The lowest BCUT2D eigenvalue weighted by molar-refractivity contribution is -0.184. The first kappa shape index (κ1) is 20.3. The van der Waals surface area contributed by atoms with Gasteiger partial charge in [-0.15, -0.1) is 10.2 Å². The summed E-state index contributed by atoms with van der Waals surface area (Å²) in [5, 5.41) is 15.2. The van der Waals surface area contributed by atoms with E-state index in [0.717, 1.165) is 43.0 Å². The number of carbonyl (C=O) groups excluding carboxylic acids is 2. The van der Waals surface area contributed by atoms with Gasteiger partial charge in [-0.05, 0) is 62.8 Å². The lowest BCUT2D eigenvalue weighted by Gasteiger charge is -2.69. The molecule has 0 saturated heterocycles. The number of aromatic nitrogens is 3. The smallest absolute Gasteiger partial charge is 0.258 e. The van der Waals surface area contributed by atoms with Gasteiger partial charge in [-0.2, -0.15) is 0 Å². The third-order valence-corrected chi connectivity index (χ3v) is 7.18. The summed E-state index contributed by atoms with van der Waals surface area (Å²) in [7, 11) is 0. The molecule has 1 aromatic carbocycles. The Morgan fingerprint density at radius 3 is 2.81 bits per heavy atom. The van der Waals surface area contributed by atoms with Crippen molar-refractivity contribution in [1.82, 2.24) is 25.4 Å². The minimum Gasteiger partial charge on any atom is -0.484 e. The second kappa shape index (κ2) is 7.51. The number of benzene rings is 1. The lowest BCUT2D eigenvalue weighted by Crippen LogP contribution is -2.78. The number of carbonyl (C=O) groups is 2. The number of rotatable bonds is 7. The van der Waals surface area contributed by atoms with E-state index >= 15 is 0 Å². The summed E-state index contributed by atoms with van der Waals surface area (Å²) in [5.74, 6) is 2.33. The molecule has 2 N–H and O–H groups in total. The summed E-state index contributed by atoms with van der Waals surface area (Å²) in [6.45, 7) is 3.16. The lowest BCUT2D eigenvalue weighted by atomic mass is 9.39. The average Bonchev–Trinajstić information content (AvgIpc) is 3.12. The number of hydrogen-bond acceptors (Lipinski definition) is 5. The highest BCUT2D eigenvalue weighted by Gasteiger charge is 2.72. The highest BCUT2D eigenvalue weighted by Crippen LogP contribution is 2.67. The molecule has 2 heterocycles. The zero-order chi connectivity index (χ0) is 21.6. The molecule has 31 heavy (non-hydrogen) atoms. The van der Waals surface area contributed by atoms with Gasteiger partial charge in [-0.1, -0.05) is 11.6 Å². The fourth-order valence-electron chi connectivity index (χ4n) is 5.20. The van der Waals surface area contributed by atoms with Gasteiger partial charge >= 0.3 is 0 Å². The van der Waals surface area contributed by atoms with E-state index in [-0.39, 0.29) is 29.4 Å². The summed E-state index contributed by atoms with van der Waals surface area (Å²) in [6.07, 6.45) is 5.25. The molecule has 0 atom stereocenters. The molecule has 2 bridgehead atoms. The summed E-state index contributed by atoms with van der Waals surface area (Å²) in [4.78, 5) is 25.0. The van der Waals surface area contributed by atoms with Crippen LogP contribution in [-0.2, 0) is 29.1 Å². The number of halogens is 1. The minimum absolute atomic E-state index is 0.0460. The van der Waals surface area contributed by atoms with Gasteiger partial charge in [0, 0.05) is 23.5 Å². The summed E-state index contributed by atoms with van der Waals surface area (Å²) < 4.78 is 7.69. The molecule has 1 aliphatic heterocycles.